The summed E-state index contributed by atoms with van der Waals surface area (Å²) in [7, 11) is -3.43. The van der Waals surface area contributed by atoms with Crippen molar-refractivity contribution < 1.29 is 13.2 Å². The van der Waals surface area contributed by atoms with Crippen molar-refractivity contribution in [3.8, 4) is 5.75 Å². The topological polar surface area (TPSA) is 70.7 Å². The maximum Gasteiger partial charge on any atom is 0.243 e. The molecule has 1 saturated heterocycles. The lowest BCUT2D eigenvalue weighted by atomic mass is 10.1. The number of hydrogen-bond donors (Lipinski definition) is 2. The number of fused-ring (bicyclic) bond motifs is 1. The molecule has 0 aromatic heterocycles. The third kappa shape index (κ3) is 2.93. The van der Waals surface area contributed by atoms with E-state index in [-0.39, 0.29) is 6.10 Å². The van der Waals surface area contributed by atoms with Gasteiger partial charge in [0.1, 0.15) is 11.9 Å². The van der Waals surface area contributed by atoms with E-state index in [2.05, 4.69) is 24.5 Å². The third-order valence-electron chi connectivity index (χ3n) is 4.18. The first-order valence-electron chi connectivity index (χ1n) is 7.74. The van der Waals surface area contributed by atoms with E-state index in [9.17, 15) is 8.42 Å². The maximum atomic E-state index is 12.7. The standard InChI is InChI=1S/C15H23N3O3S/c1-11(2)15-10-17-13-9-12(3-4-14(13)21-15)22(19,20)18-7-5-16-6-8-18/h3-4,9,11,15-17H,5-8,10H2,1-2H3. The SMILES string of the molecule is CC(C)C1CNc2cc(S(=O)(=O)N3CCNCC3)ccc2O1. The maximum absolute atomic E-state index is 12.7. The Morgan fingerprint density at radius 2 is 2.00 bits per heavy atom. The minimum absolute atomic E-state index is 0.114. The van der Waals surface area contributed by atoms with E-state index in [0.717, 1.165) is 11.4 Å². The van der Waals surface area contributed by atoms with Gasteiger partial charge in [-0.1, -0.05) is 13.8 Å². The molecule has 3 rings (SSSR count). The molecule has 1 fully saturated rings. The van der Waals surface area contributed by atoms with Crippen LogP contribution in [0.3, 0.4) is 0 Å². The molecule has 6 nitrogen and oxygen atoms in total. The van der Waals surface area contributed by atoms with Gasteiger partial charge in [0.05, 0.1) is 17.1 Å². The zero-order chi connectivity index (χ0) is 15.7. The van der Waals surface area contributed by atoms with E-state index in [4.69, 9.17) is 4.74 Å². The molecular formula is C15H23N3O3S. The summed E-state index contributed by atoms with van der Waals surface area (Å²) >= 11 is 0. The van der Waals surface area contributed by atoms with Gasteiger partial charge in [-0.15, -0.1) is 0 Å². The van der Waals surface area contributed by atoms with E-state index in [1.807, 2.05) is 0 Å². The normalized spacial score (nSPS) is 22.8. The highest BCUT2D eigenvalue weighted by Crippen LogP contribution is 2.33. The number of sulfonamides is 1. The summed E-state index contributed by atoms with van der Waals surface area (Å²) in [5.74, 6) is 1.13. The molecule has 1 aromatic rings. The monoisotopic (exact) mass is 325 g/mol. The average Bonchev–Trinajstić information content (AvgIpc) is 2.54. The lowest BCUT2D eigenvalue weighted by Crippen LogP contribution is -2.46. The summed E-state index contributed by atoms with van der Waals surface area (Å²) in [4.78, 5) is 0.326. The molecule has 0 spiro atoms. The summed E-state index contributed by atoms with van der Waals surface area (Å²) in [5.41, 5.74) is 0.758. The summed E-state index contributed by atoms with van der Waals surface area (Å²) in [6.45, 7) is 7.34. The summed E-state index contributed by atoms with van der Waals surface area (Å²) in [5, 5.41) is 6.45. The van der Waals surface area contributed by atoms with Crippen LogP contribution in [0.25, 0.3) is 0 Å². The van der Waals surface area contributed by atoms with Crippen LogP contribution in [0.2, 0.25) is 0 Å². The molecule has 2 N–H and O–H groups in total. The first-order valence-corrected chi connectivity index (χ1v) is 9.18. The Morgan fingerprint density at radius 3 is 2.68 bits per heavy atom. The minimum Gasteiger partial charge on any atom is -0.486 e. The number of hydrogen-bond acceptors (Lipinski definition) is 5. The quantitative estimate of drug-likeness (QED) is 0.871. The van der Waals surface area contributed by atoms with Crippen LogP contribution in [0.15, 0.2) is 23.1 Å². The molecule has 0 aliphatic carbocycles. The fourth-order valence-electron chi connectivity index (χ4n) is 2.73. The average molecular weight is 325 g/mol. The largest absolute Gasteiger partial charge is 0.486 e. The summed E-state index contributed by atoms with van der Waals surface area (Å²) in [6.07, 6.45) is 0.114. The van der Waals surface area contributed by atoms with E-state index in [0.29, 0.717) is 43.5 Å². The van der Waals surface area contributed by atoms with Crippen LogP contribution < -0.4 is 15.4 Å². The Bertz CT molecular complexity index is 639. The van der Waals surface area contributed by atoms with Gasteiger partial charge in [-0.2, -0.15) is 4.31 Å². The highest BCUT2D eigenvalue weighted by atomic mass is 32.2. The highest BCUT2D eigenvalue weighted by Gasteiger charge is 2.28. The number of benzene rings is 1. The van der Waals surface area contributed by atoms with Crippen molar-refractivity contribution in [1.29, 1.82) is 0 Å². The van der Waals surface area contributed by atoms with E-state index >= 15 is 0 Å². The lowest BCUT2D eigenvalue weighted by Gasteiger charge is -2.31. The van der Waals surface area contributed by atoms with Gasteiger partial charge in [0.2, 0.25) is 10.0 Å². The molecule has 0 saturated carbocycles. The Balaban J connectivity index is 1.85. The highest BCUT2D eigenvalue weighted by molar-refractivity contribution is 7.89. The molecule has 2 aliphatic heterocycles. The molecule has 0 bridgehead atoms. The van der Waals surface area contributed by atoms with E-state index in [1.54, 1.807) is 18.2 Å². The third-order valence-corrected chi connectivity index (χ3v) is 6.08. The van der Waals surface area contributed by atoms with Crippen molar-refractivity contribution in [2.24, 2.45) is 5.92 Å². The number of anilines is 1. The molecule has 1 unspecified atom stereocenters. The Morgan fingerprint density at radius 1 is 1.27 bits per heavy atom. The fraction of sp³-hybridized carbons (Fsp3) is 0.600. The molecule has 122 valence electrons. The predicted molar refractivity (Wildman–Crippen MR) is 85.8 cm³/mol. The van der Waals surface area contributed by atoms with Crippen LogP contribution in [0.1, 0.15) is 13.8 Å². The number of rotatable bonds is 3. The number of piperazine rings is 1. The van der Waals surface area contributed by atoms with Crippen molar-refractivity contribution >= 4 is 15.7 Å². The number of nitrogens with one attached hydrogen (secondary N) is 2. The number of nitrogens with zero attached hydrogens (tertiary/aromatic N) is 1. The van der Waals surface area contributed by atoms with Crippen molar-refractivity contribution in [3.63, 3.8) is 0 Å². The second kappa shape index (κ2) is 6.06. The van der Waals surface area contributed by atoms with Crippen molar-refractivity contribution in [2.75, 3.05) is 38.0 Å². The van der Waals surface area contributed by atoms with Crippen molar-refractivity contribution in [1.82, 2.24) is 9.62 Å². The van der Waals surface area contributed by atoms with Crippen LogP contribution in [0.4, 0.5) is 5.69 Å². The van der Waals surface area contributed by atoms with Gasteiger partial charge in [-0.05, 0) is 24.1 Å². The Hall–Kier alpha value is -1.31. The first-order chi connectivity index (χ1) is 10.5. The molecule has 1 aromatic carbocycles. The van der Waals surface area contributed by atoms with Gasteiger partial charge in [0.15, 0.2) is 0 Å². The van der Waals surface area contributed by atoms with Crippen LogP contribution in [0, 0.1) is 5.92 Å². The zero-order valence-corrected chi connectivity index (χ0v) is 13.8. The van der Waals surface area contributed by atoms with Crippen LogP contribution >= 0.6 is 0 Å². The van der Waals surface area contributed by atoms with Gasteiger partial charge in [0, 0.05) is 26.2 Å². The second-order valence-electron chi connectivity index (χ2n) is 6.09. The first kappa shape index (κ1) is 15.6. The second-order valence-corrected chi connectivity index (χ2v) is 8.03. The molecular weight excluding hydrogens is 302 g/mol. The van der Waals surface area contributed by atoms with Crippen molar-refractivity contribution in [2.45, 2.75) is 24.8 Å². The van der Waals surface area contributed by atoms with E-state index < -0.39 is 10.0 Å². The molecule has 2 heterocycles. The molecule has 7 heteroatoms. The van der Waals surface area contributed by atoms with E-state index in [1.165, 1.54) is 4.31 Å². The van der Waals surface area contributed by atoms with Gasteiger partial charge in [-0.3, -0.25) is 0 Å². The van der Waals surface area contributed by atoms with Gasteiger partial charge in [-0.25, -0.2) is 8.42 Å². The molecule has 2 aliphatic rings. The summed E-state index contributed by atoms with van der Waals surface area (Å²) < 4.78 is 32.8. The van der Waals surface area contributed by atoms with Crippen LogP contribution in [-0.2, 0) is 10.0 Å². The summed E-state index contributed by atoms with van der Waals surface area (Å²) in [6, 6.07) is 5.08. The Kier molecular flexibility index (Phi) is 4.29. The van der Waals surface area contributed by atoms with Gasteiger partial charge >= 0.3 is 0 Å². The zero-order valence-electron chi connectivity index (χ0n) is 13.0. The minimum atomic E-state index is -3.43. The smallest absolute Gasteiger partial charge is 0.243 e. The molecule has 0 radical (unpaired) electrons. The molecule has 1 atom stereocenters. The number of ether oxygens (including phenoxy) is 1. The van der Waals surface area contributed by atoms with Gasteiger partial charge < -0.3 is 15.4 Å². The van der Waals surface area contributed by atoms with Crippen LogP contribution in [0.5, 0.6) is 5.75 Å². The Labute approximate surface area is 131 Å². The van der Waals surface area contributed by atoms with Gasteiger partial charge in [0.25, 0.3) is 0 Å². The van der Waals surface area contributed by atoms with Crippen molar-refractivity contribution in [3.05, 3.63) is 18.2 Å². The predicted octanol–water partition coefficient (Wildman–Crippen LogP) is 1.11. The fourth-order valence-corrected chi connectivity index (χ4v) is 4.20. The molecule has 0 amide bonds. The molecule has 22 heavy (non-hydrogen) atoms. The van der Waals surface area contributed by atoms with Crippen LogP contribution in [-0.4, -0.2) is 51.6 Å². The lowest BCUT2D eigenvalue weighted by molar-refractivity contribution is 0.156.